The highest BCUT2D eigenvalue weighted by Crippen LogP contribution is 2.20. The van der Waals surface area contributed by atoms with E-state index in [1.807, 2.05) is 49.4 Å². The minimum Gasteiger partial charge on any atom is -0.334 e. The number of rotatable bonds is 5. The summed E-state index contributed by atoms with van der Waals surface area (Å²) in [5, 5.41) is 2.93. The molecule has 0 fully saturated rings. The van der Waals surface area contributed by atoms with Gasteiger partial charge in [-0.3, -0.25) is 4.21 Å². The van der Waals surface area contributed by atoms with Crippen molar-refractivity contribution >= 4 is 39.6 Å². The summed E-state index contributed by atoms with van der Waals surface area (Å²) in [6.07, 6.45) is 1.65. The van der Waals surface area contributed by atoms with Crippen LogP contribution in [-0.4, -0.2) is 37.2 Å². The lowest BCUT2D eigenvalue weighted by Gasteiger charge is -2.25. The standard InChI is InChI=1S/C18H20N4O2S2/c1-12(14-5-7-15(8-6-14)26(3)24)22(2)18(23)19-11-13-4-9-16-17(10-13)21-25-20-16/h4-10,12H,11H2,1-3H3,(H,19,23). The van der Waals surface area contributed by atoms with E-state index in [1.165, 1.54) is 11.7 Å². The number of hydrogen-bond acceptors (Lipinski definition) is 5. The first-order valence-electron chi connectivity index (χ1n) is 8.11. The van der Waals surface area contributed by atoms with Crippen molar-refractivity contribution in [2.45, 2.75) is 24.4 Å². The van der Waals surface area contributed by atoms with Crippen LogP contribution in [0.2, 0.25) is 0 Å². The van der Waals surface area contributed by atoms with E-state index in [0.29, 0.717) is 6.54 Å². The molecule has 8 heteroatoms. The Hall–Kier alpha value is -2.32. The Kier molecular flexibility index (Phi) is 5.63. The first kappa shape index (κ1) is 18.5. The highest BCUT2D eigenvalue weighted by atomic mass is 32.2. The van der Waals surface area contributed by atoms with Gasteiger partial charge in [-0.1, -0.05) is 18.2 Å². The van der Waals surface area contributed by atoms with Crippen LogP contribution < -0.4 is 5.32 Å². The van der Waals surface area contributed by atoms with Crippen molar-refractivity contribution in [3.8, 4) is 0 Å². The van der Waals surface area contributed by atoms with Crippen molar-refractivity contribution < 1.29 is 9.00 Å². The van der Waals surface area contributed by atoms with Crippen molar-refractivity contribution in [3.05, 3.63) is 53.6 Å². The Morgan fingerprint density at radius 2 is 1.88 bits per heavy atom. The van der Waals surface area contributed by atoms with Gasteiger partial charge in [-0.2, -0.15) is 8.75 Å². The van der Waals surface area contributed by atoms with Crippen LogP contribution in [0.1, 0.15) is 24.1 Å². The zero-order chi connectivity index (χ0) is 18.7. The Morgan fingerprint density at radius 1 is 1.19 bits per heavy atom. The Bertz CT molecular complexity index is 940. The van der Waals surface area contributed by atoms with Gasteiger partial charge in [0, 0.05) is 35.5 Å². The molecule has 2 atom stereocenters. The van der Waals surface area contributed by atoms with E-state index >= 15 is 0 Å². The van der Waals surface area contributed by atoms with Gasteiger partial charge in [0.15, 0.2) is 0 Å². The van der Waals surface area contributed by atoms with E-state index in [0.717, 1.165) is 27.1 Å². The summed E-state index contributed by atoms with van der Waals surface area (Å²) in [6, 6.07) is 13.0. The normalized spacial score (nSPS) is 13.3. The molecule has 0 aliphatic heterocycles. The predicted octanol–water partition coefficient (Wildman–Crippen LogP) is 3.33. The second kappa shape index (κ2) is 7.92. The average Bonchev–Trinajstić information content (AvgIpc) is 3.12. The van der Waals surface area contributed by atoms with Crippen molar-refractivity contribution in [1.82, 2.24) is 19.0 Å². The van der Waals surface area contributed by atoms with Crippen molar-refractivity contribution in [1.29, 1.82) is 0 Å². The molecule has 2 amide bonds. The predicted molar refractivity (Wildman–Crippen MR) is 105 cm³/mol. The number of benzene rings is 2. The SMILES string of the molecule is CC(c1ccc(S(C)=O)cc1)N(C)C(=O)NCc1ccc2nsnc2c1. The maximum absolute atomic E-state index is 12.5. The molecule has 1 N–H and O–H groups in total. The number of carbonyl (C=O) groups is 1. The molecular weight excluding hydrogens is 368 g/mol. The lowest BCUT2D eigenvalue weighted by Crippen LogP contribution is -2.38. The Balaban J connectivity index is 1.61. The number of fused-ring (bicyclic) bond motifs is 1. The number of aromatic nitrogens is 2. The van der Waals surface area contributed by atoms with Gasteiger partial charge < -0.3 is 10.2 Å². The largest absolute Gasteiger partial charge is 0.334 e. The monoisotopic (exact) mass is 388 g/mol. The molecule has 0 radical (unpaired) electrons. The smallest absolute Gasteiger partial charge is 0.317 e. The molecule has 0 saturated heterocycles. The van der Waals surface area contributed by atoms with Crippen LogP contribution in [0.5, 0.6) is 0 Å². The number of carbonyl (C=O) groups excluding carboxylic acids is 1. The van der Waals surface area contributed by atoms with E-state index in [4.69, 9.17) is 0 Å². The third-order valence-electron chi connectivity index (χ3n) is 4.36. The van der Waals surface area contributed by atoms with Crippen molar-refractivity contribution in [3.63, 3.8) is 0 Å². The van der Waals surface area contributed by atoms with Crippen molar-refractivity contribution in [2.24, 2.45) is 0 Å². The number of amides is 2. The van der Waals surface area contributed by atoms with E-state index in [1.54, 1.807) is 18.2 Å². The molecule has 1 heterocycles. The first-order chi connectivity index (χ1) is 12.5. The first-order valence-corrected chi connectivity index (χ1v) is 10.4. The van der Waals surface area contributed by atoms with Crippen LogP contribution in [0.3, 0.4) is 0 Å². The molecule has 3 aromatic rings. The number of nitrogens with zero attached hydrogens (tertiary/aromatic N) is 3. The van der Waals surface area contributed by atoms with Crippen LogP contribution in [0, 0.1) is 0 Å². The maximum Gasteiger partial charge on any atom is 0.317 e. The fourth-order valence-electron chi connectivity index (χ4n) is 2.58. The average molecular weight is 389 g/mol. The molecule has 2 unspecified atom stereocenters. The highest BCUT2D eigenvalue weighted by molar-refractivity contribution is 7.84. The van der Waals surface area contributed by atoms with Gasteiger partial charge in [0.25, 0.3) is 0 Å². The number of nitrogens with one attached hydrogen (secondary N) is 1. The second-order valence-electron chi connectivity index (χ2n) is 6.06. The van der Waals surface area contributed by atoms with Crippen LogP contribution in [-0.2, 0) is 17.3 Å². The Morgan fingerprint density at radius 3 is 2.58 bits per heavy atom. The summed E-state index contributed by atoms with van der Waals surface area (Å²) in [7, 11) is 0.760. The Labute approximate surface area is 159 Å². The molecule has 0 bridgehead atoms. The fourth-order valence-corrected chi connectivity index (χ4v) is 3.61. The van der Waals surface area contributed by atoms with Gasteiger partial charge in [-0.05, 0) is 42.3 Å². The van der Waals surface area contributed by atoms with Crippen molar-refractivity contribution in [2.75, 3.05) is 13.3 Å². The van der Waals surface area contributed by atoms with Gasteiger partial charge in [0.2, 0.25) is 0 Å². The molecule has 0 aliphatic rings. The summed E-state index contributed by atoms with van der Waals surface area (Å²) < 4.78 is 19.9. The van der Waals surface area contributed by atoms with E-state index in [-0.39, 0.29) is 12.1 Å². The van der Waals surface area contributed by atoms with Gasteiger partial charge in [0.1, 0.15) is 11.0 Å². The molecule has 136 valence electrons. The second-order valence-corrected chi connectivity index (χ2v) is 7.96. The summed E-state index contributed by atoms with van der Waals surface area (Å²) in [4.78, 5) is 14.9. The van der Waals surface area contributed by atoms with Crippen LogP contribution in [0.25, 0.3) is 11.0 Å². The third kappa shape index (κ3) is 4.08. The quantitative estimate of drug-likeness (QED) is 0.727. The summed E-state index contributed by atoms with van der Waals surface area (Å²) >= 11 is 1.18. The molecular formula is C18H20N4O2S2. The van der Waals surface area contributed by atoms with E-state index in [2.05, 4.69) is 14.1 Å². The third-order valence-corrected chi connectivity index (χ3v) is 5.85. The highest BCUT2D eigenvalue weighted by Gasteiger charge is 2.17. The molecule has 0 saturated carbocycles. The summed E-state index contributed by atoms with van der Waals surface area (Å²) in [6.45, 7) is 2.39. The minimum atomic E-state index is -1.00. The van der Waals surface area contributed by atoms with Crippen LogP contribution in [0.4, 0.5) is 4.79 Å². The molecule has 3 rings (SSSR count). The van der Waals surface area contributed by atoms with Gasteiger partial charge in [-0.25, -0.2) is 4.79 Å². The lowest BCUT2D eigenvalue weighted by atomic mass is 10.1. The number of urea groups is 1. The summed E-state index contributed by atoms with van der Waals surface area (Å²) in [5.41, 5.74) is 3.69. The summed E-state index contributed by atoms with van der Waals surface area (Å²) in [5.74, 6) is 0. The van der Waals surface area contributed by atoms with Crippen LogP contribution in [0.15, 0.2) is 47.4 Å². The van der Waals surface area contributed by atoms with E-state index in [9.17, 15) is 9.00 Å². The molecule has 6 nitrogen and oxygen atoms in total. The van der Waals surface area contributed by atoms with Gasteiger partial charge >= 0.3 is 6.03 Å². The van der Waals surface area contributed by atoms with Crippen LogP contribution >= 0.6 is 11.7 Å². The topological polar surface area (TPSA) is 75.2 Å². The molecule has 0 spiro atoms. The molecule has 1 aromatic heterocycles. The molecule has 0 aliphatic carbocycles. The van der Waals surface area contributed by atoms with Gasteiger partial charge in [0.05, 0.1) is 17.8 Å². The molecule has 26 heavy (non-hydrogen) atoms. The zero-order valence-electron chi connectivity index (χ0n) is 14.8. The maximum atomic E-state index is 12.5. The lowest BCUT2D eigenvalue weighted by molar-refractivity contribution is 0.194. The minimum absolute atomic E-state index is 0.0976. The number of hydrogen-bond donors (Lipinski definition) is 1. The van der Waals surface area contributed by atoms with Gasteiger partial charge in [-0.15, -0.1) is 0 Å². The van der Waals surface area contributed by atoms with E-state index < -0.39 is 10.8 Å². The fraction of sp³-hybridized carbons (Fsp3) is 0.278. The molecule has 2 aromatic carbocycles. The zero-order valence-corrected chi connectivity index (χ0v) is 16.4.